The predicted octanol–water partition coefficient (Wildman–Crippen LogP) is 1.93. The van der Waals surface area contributed by atoms with Crippen molar-refractivity contribution in [3.8, 4) is 0 Å². The van der Waals surface area contributed by atoms with E-state index in [2.05, 4.69) is 17.6 Å². The van der Waals surface area contributed by atoms with Crippen molar-refractivity contribution < 1.29 is 14.7 Å². The van der Waals surface area contributed by atoms with Gasteiger partial charge in [0.1, 0.15) is 6.04 Å². The molecule has 0 radical (unpaired) electrons. The monoisotopic (exact) mass is 276 g/mol. The molecule has 0 spiro atoms. The van der Waals surface area contributed by atoms with Crippen LogP contribution < -0.4 is 10.6 Å². The molecule has 0 bridgehead atoms. The van der Waals surface area contributed by atoms with Gasteiger partial charge in [0.25, 0.3) is 0 Å². The molecule has 0 aliphatic rings. The van der Waals surface area contributed by atoms with Gasteiger partial charge in [-0.1, -0.05) is 27.2 Å². The Hall–Kier alpha value is -0.910. The number of urea groups is 1. The second-order valence-corrected chi connectivity index (χ2v) is 5.70. The van der Waals surface area contributed by atoms with E-state index in [-0.39, 0.29) is 12.0 Å². The lowest BCUT2D eigenvalue weighted by Gasteiger charge is -2.22. The Kier molecular flexibility index (Phi) is 8.62. The fourth-order valence-corrected chi connectivity index (χ4v) is 2.10. The first kappa shape index (κ1) is 17.1. The molecule has 2 amide bonds. The summed E-state index contributed by atoms with van der Waals surface area (Å²) in [5, 5.41) is 14.3. The summed E-state index contributed by atoms with van der Waals surface area (Å²) in [4.78, 5) is 22.7. The number of carbonyl (C=O) groups is 2. The standard InChI is InChI=1S/C12H24N2O3S/c1-5-8(3)10(11(15)16)14-12(17)13-9(4)7-18-6-2/h8-10H,5-7H2,1-4H3,(H,15,16)(H2,13,14,17). The highest BCUT2D eigenvalue weighted by molar-refractivity contribution is 7.99. The second-order valence-electron chi connectivity index (χ2n) is 4.38. The molecular weight excluding hydrogens is 252 g/mol. The van der Waals surface area contributed by atoms with Gasteiger partial charge in [0.05, 0.1) is 0 Å². The molecule has 0 aromatic rings. The number of hydrogen-bond donors (Lipinski definition) is 3. The van der Waals surface area contributed by atoms with Gasteiger partial charge in [0.2, 0.25) is 0 Å². The van der Waals surface area contributed by atoms with Gasteiger partial charge >= 0.3 is 12.0 Å². The van der Waals surface area contributed by atoms with Crippen LogP contribution in [0, 0.1) is 5.92 Å². The molecule has 0 aromatic heterocycles. The van der Waals surface area contributed by atoms with Gasteiger partial charge in [0.15, 0.2) is 0 Å². The lowest BCUT2D eigenvalue weighted by atomic mass is 9.99. The van der Waals surface area contributed by atoms with Gasteiger partial charge in [-0.2, -0.15) is 11.8 Å². The van der Waals surface area contributed by atoms with Crippen molar-refractivity contribution in [2.24, 2.45) is 5.92 Å². The maximum atomic E-state index is 11.7. The average Bonchev–Trinajstić information content (AvgIpc) is 2.32. The van der Waals surface area contributed by atoms with Crippen molar-refractivity contribution in [3.63, 3.8) is 0 Å². The number of nitrogens with one attached hydrogen (secondary N) is 2. The number of carbonyl (C=O) groups excluding carboxylic acids is 1. The lowest BCUT2D eigenvalue weighted by Crippen LogP contribution is -2.51. The Morgan fingerprint density at radius 1 is 1.22 bits per heavy atom. The van der Waals surface area contributed by atoms with E-state index in [0.29, 0.717) is 6.42 Å². The van der Waals surface area contributed by atoms with Crippen molar-refractivity contribution >= 4 is 23.8 Å². The summed E-state index contributed by atoms with van der Waals surface area (Å²) < 4.78 is 0. The summed E-state index contributed by atoms with van der Waals surface area (Å²) in [7, 11) is 0. The summed E-state index contributed by atoms with van der Waals surface area (Å²) in [6.07, 6.45) is 0.707. The summed E-state index contributed by atoms with van der Waals surface area (Å²) in [6, 6.07) is -1.21. The quantitative estimate of drug-likeness (QED) is 0.633. The number of carboxylic acid groups (broad SMARTS) is 1. The molecule has 0 saturated carbocycles. The summed E-state index contributed by atoms with van der Waals surface area (Å²) >= 11 is 1.74. The maximum absolute atomic E-state index is 11.7. The van der Waals surface area contributed by atoms with Crippen LogP contribution in [0.2, 0.25) is 0 Å². The van der Waals surface area contributed by atoms with E-state index in [9.17, 15) is 9.59 Å². The van der Waals surface area contributed by atoms with Crippen LogP contribution in [0.15, 0.2) is 0 Å². The smallest absolute Gasteiger partial charge is 0.326 e. The summed E-state index contributed by atoms with van der Waals surface area (Å²) in [6.45, 7) is 7.68. The molecule has 0 heterocycles. The van der Waals surface area contributed by atoms with Crippen LogP contribution in [0.25, 0.3) is 0 Å². The van der Waals surface area contributed by atoms with Gasteiger partial charge in [0, 0.05) is 11.8 Å². The molecule has 0 aliphatic heterocycles. The van der Waals surface area contributed by atoms with E-state index >= 15 is 0 Å². The Balaban J connectivity index is 4.21. The topological polar surface area (TPSA) is 78.4 Å². The molecule has 106 valence electrons. The second kappa shape index (κ2) is 9.08. The first-order valence-corrected chi connectivity index (χ1v) is 7.45. The number of hydrogen-bond acceptors (Lipinski definition) is 3. The molecule has 3 unspecified atom stereocenters. The summed E-state index contributed by atoms with van der Waals surface area (Å²) in [5.74, 6) is 0.743. The molecule has 0 saturated heterocycles. The number of carboxylic acids is 1. The van der Waals surface area contributed by atoms with Crippen LogP contribution >= 0.6 is 11.8 Å². The predicted molar refractivity (Wildman–Crippen MR) is 75.0 cm³/mol. The van der Waals surface area contributed by atoms with Gasteiger partial charge in [-0.3, -0.25) is 0 Å². The minimum atomic E-state index is -0.991. The van der Waals surface area contributed by atoms with Crippen LogP contribution in [-0.4, -0.2) is 40.7 Å². The first-order chi connectivity index (χ1) is 8.42. The van der Waals surface area contributed by atoms with E-state index in [0.717, 1.165) is 11.5 Å². The van der Waals surface area contributed by atoms with Crippen molar-refractivity contribution in [3.05, 3.63) is 0 Å². The van der Waals surface area contributed by atoms with Crippen molar-refractivity contribution in [1.29, 1.82) is 0 Å². The van der Waals surface area contributed by atoms with Crippen molar-refractivity contribution in [2.75, 3.05) is 11.5 Å². The van der Waals surface area contributed by atoms with E-state index in [1.54, 1.807) is 11.8 Å². The Morgan fingerprint density at radius 3 is 2.28 bits per heavy atom. The molecule has 3 atom stereocenters. The molecule has 3 N–H and O–H groups in total. The Morgan fingerprint density at radius 2 is 1.83 bits per heavy atom. The SMILES string of the molecule is CCSCC(C)NC(=O)NC(C(=O)O)C(C)CC. The van der Waals surface area contributed by atoms with E-state index in [1.165, 1.54) is 0 Å². The van der Waals surface area contributed by atoms with Crippen LogP contribution in [0.4, 0.5) is 4.79 Å². The zero-order valence-electron chi connectivity index (χ0n) is 11.5. The summed E-state index contributed by atoms with van der Waals surface area (Å²) in [5.41, 5.74) is 0. The highest BCUT2D eigenvalue weighted by Crippen LogP contribution is 2.08. The molecule has 0 rings (SSSR count). The Bertz CT molecular complexity index is 274. The minimum absolute atomic E-state index is 0.0290. The third-order valence-corrected chi connectivity index (χ3v) is 3.86. The zero-order chi connectivity index (χ0) is 14.1. The van der Waals surface area contributed by atoms with Crippen LogP contribution in [0.5, 0.6) is 0 Å². The van der Waals surface area contributed by atoms with Gasteiger partial charge in [-0.15, -0.1) is 0 Å². The lowest BCUT2D eigenvalue weighted by molar-refractivity contribution is -0.140. The first-order valence-electron chi connectivity index (χ1n) is 6.29. The maximum Gasteiger partial charge on any atom is 0.326 e. The van der Waals surface area contributed by atoms with Crippen LogP contribution in [0.1, 0.15) is 34.1 Å². The molecule has 0 aliphatic carbocycles. The fourth-order valence-electron chi connectivity index (χ4n) is 1.43. The molecule has 18 heavy (non-hydrogen) atoms. The van der Waals surface area contributed by atoms with Crippen LogP contribution in [0.3, 0.4) is 0 Å². The third-order valence-electron chi connectivity index (χ3n) is 2.72. The van der Waals surface area contributed by atoms with Crippen molar-refractivity contribution in [2.45, 2.75) is 46.2 Å². The number of rotatable bonds is 8. The van der Waals surface area contributed by atoms with Gasteiger partial charge < -0.3 is 15.7 Å². The minimum Gasteiger partial charge on any atom is -0.480 e. The highest BCUT2D eigenvalue weighted by Gasteiger charge is 2.25. The molecule has 6 heteroatoms. The zero-order valence-corrected chi connectivity index (χ0v) is 12.3. The third kappa shape index (κ3) is 6.74. The van der Waals surface area contributed by atoms with E-state index in [1.807, 2.05) is 20.8 Å². The molecule has 0 aromatic carbocycles. The normalized spacial score (nSPS) is 15.6. The van der Waals surface area contributed by atoms with Crippen molar-refractivity contribution in [1.82, 2.24) is 10.6 Å². The molecule has 0 fully saturated rings. The number of aliphatic carboxylic acids is 1. The number of thioether (sulfide) groups is 1. The number of amides is 2. The van der Waals surface area contributed by atoms with E-state index in [4.69, 9.17) is 5.11 Å². The van der Waals surface area contributed by atoms with Gasteiger partial charge in [-0.25, -0.2) is 9.59 Å². The fraction of sp³-hybridized carbons (Fsp3) is 0.833. The average molecular weight is 276 g/mol. The van der Waals surface area contributed by atoms with E-state index < -0.39 is 18.0 Å². The Labute approximate surface area is 113 Å². The molecule has 5 nitrogen and oxygen atoms in total. The highest BCUT2D eigenvalue weighted by atomic mass is 32.2. The largest absolute Gasteiger partial charge is 0.480 e. The van der Waals surface area contributed by atoms with Crippen LogP contribution in [-0.2, 0) is 4.79 Å². The van der Waals surface area contributed by atoms with Gasteiger partial charge in [-0.05, 0) is 18.6 Å². The molecular formula is C12H24N2O3S.